The standard InChI is InChI=1S/C11H19F3N2O2/c1-10(2,3)18-9(17)16-6-7(11(12,13)14)4-8(16)5-15/h7-8H,4-6,15H2,1-3H3/t7-,8+/m1/s1. The van der Waals surface area contributed by atoms with Gasteiger partial charge in [-0.05, 0) is 27.2 Å². The Balaban J connectivity index is 2.73. The smallest absolute Gasteiger partial charge is 0.410 e. The molecule has 1 fully saturated rings. The molecular weight excluding hydrogens is 249 g/mol. The molecule has 0 bridgehead atoms. The van der Waals surface area contributed by atoms with E-state index in [0.29, 0.717) is 0 Å². The average Bonchev–Trinajstić information content (AvgIpc) is 2.57. The van der Waals surface area contributed by atoms with Crippen LogP contribution in [-0.2, 0) is 4.74 Å². The van der Waals surface area contributed by atoms with E-state index in [1.54, 1.807) is 20.8 Å². The first-order chi connectivity index (χ1) is 8.04. The van der Waals surface area contributed by atoms with Gasteiger partial charge >= 0.3 is 12.3 Å². The monoisotopic (exact) mass is 268 g/mol. The first kappa shape index (κ1) is 15.1. The van der Waals surface area contributed by atoms with Gasteiger partial charge in [-0.1, -0.05) is 0 Å². The van der Waals surface area contributed by atoms with Gasteiger partial charge in [-0.15, -0.1) is 0 Å². The molecule has 1 heterocycles. The molecule has 0 radical (unpaired) electrons. The SMILES string of the molecule is CC(C)(C)OC(=O)N1C[C@H](C(F)(F)F)C[C@H]1CN. The molecule has 1 aliphatic heterocycles. The fraction of sp³-hybridized carbons (Fsp3) is 0.909. The molecule has 1 aliphatic rings. The van der Waals surface area contributed by atoms with E-state index in [1.165, 1.54) is 0 Å². The summed E-state index contributed by atoms with van der Waals surface area (Å²) in [5.74, 6) is -1.52. The quantitative estimate of drug-likeness (QED) is 0.792. The van der Waals surface area contributed by atoms with Gasteiger partial charge in [-0.25, -0.2) is 4.79 Å². The van der Waals surface area contributed by atoms with Crippen molar-refractivity contribution in [2.75, 3.05) is 13.1 Å². The van der Waals surface area contributed by atoms with Crippen LogP contribution in [0.3, 0.4) is 0 Å². The zero-order chi connectivity index (χ0) is 14.1. The maximum Gasteiger partial charge on any atom is 0.410 e. The fourth-order valence-electron chi connectivity index (χ4n) is 1.92. The summed E-state index contributed by atoms with van der Waals surface area (Å²) in [6.45, 7) is 4.63. The van der Waals surface area contributed by atoms with Crippen LogP contribution in [0, 0.1) is 5.92 Å². The van der Waals surface area contributed by atoms with E-state index in [4.69, 9.17) is 10.5 Å². The predicted molar refractivity (Wildman–Crippen MR) is 59.9 cm³/mol. The van der Waals surface area contributed by atoms with Crippen molar-refractivity contribution in [3.8, 4) is 0 Å². The van der Waals surface area contributed by atoms with Crippen LogP contribution in [0.1, 0.15) is 27.2 Å². The maximum absolute atomic E-state index is 12.6. The normalized spacial score (nSPS) is 25.4. The van der Waals surface area contributed by atoms with Gasteiger partial charge in [0.1, 0.15) is 5.60 Å². The molecule has 0 aromatic rings. The number of hydrogen-bond acceptors (Lipinski definition) is 3. The van der Waals surface area contributed by atoms with Crippen molar-refractivity contribution in [3.05, 3.63) is 0 Å². The number of carbonyl (C=O) groups is 1. The molecule has 0 unspecified atom stereocenters. The summed E-state index contributed by atoms with van der Waals surface area (Å²) in [6.07, 6.45) is -5.19. The third-order valence-electron chi connectivity index (χ3n) is 2.78. The third kappa shape index (κ3) is 3.76. The molecule has 0 aliphatic carbocycles. The van der Waals surface area contributed by atoms with Gasteiger partial charge in [0, 0.05) is 19.1 Å². The first-order valence-electron chi connectivity index (χ1n) is 5.81. The van der Waals surface area contributed by atoms with Crippen molar-refractivity contribution in [1.29, 1.82) is 0 Å². The Morgan fingerprint density at radius 3 is 2.33 bits per heavy atom. The number of alkyl halides is 3. The minimum atomic E-state index is -4.30. The first-order valence-corrected chi connectivity index (χ1v) is 5.81. The number of likely N-dealkylation sites (tertiary alicyclic amines) is 1. The van der Waals surface area contributed by atoms with Gasteiger partial charge in [0.15, 0.2) is 0 Å². The second-order valence-electron chi connectivity index (χ2n) is 5.50. The Morgan fingerprint density at radius 1 is 1.39 bits per heavy atom. The highest BCUT2D eigenvalue weighted by atomic mass is 19.4. The summed E-state index contributed by atoms with van der Waals surface area (Å²) in [4.78, 5) is 12.9. The fourth-order valence-corrected chi connectivity index (χ4v) is 1.92. The van der Waals surface area contributed by atoms with Gasteiger partial charge in [-0.2, -0.15) is 13.2 Å². The van der Waals surface area contributed by atoms with Crippen molar-refractivity contribution in [2.45, 2.75) is 45.0 Å². The number of nitrogens with zero attached hydrogens (tertiary/aromatic N) is 1. The van der Waals surface area contributed by atoms with E-state index >= 15 is 0 Å². The lowest BCUT2D eigenvalue weighted by molar-refractivity contribution is -0.170. The molecule has 1 amide bonds. The second-order valence-corrected chi connectivity index (χ2v) is 5.50. The van der Waals surface area contributed by atoms with Gasteiger partial charge in [-0.3, -0.25) is 0 Å². The second kappa shape index (κ2) is 4.95. The molecule has 0 aromatic carbocycles. The number of nitrogens with two attached hydrogens (primary N) is 1. The zero-order valence-corrected chi connectivity index (χ0v) is 10.8. The van der Waals surface area contributed by atoms with Crippen molar-refractivity contribution in [1.82, 2.24) is 4.90 Å². The molecule has 7 heteroatoms. The van der Waals surface area contributed by atoms with Crippen LogP contribution >= 0.6 is 0 Å². The highest BCUT2D eigenvalue weighted by Gasteiger charge is 2.49. The number of hydrogen-bond donors (Lipinski definition) is 1. The largest absolute Gasteiger partial charge is 0.444 e. The van der Waals surface area contributed by atoms with E-state index in [1.807, 2.05) is 0 Å². The molecule has 4 nitrogen and oxygen atoms in total. The van der Waals surface area contributed by atoms with Gasteiger partial charge < -0.3 is 15.4 Å². The van der Waals surface area contributed by atoms with Crippen LogP contribution in [0.25, 0.3) is 0 Å². The summed E-state index contributed by atoms with van der Waals surface area (Å²) in [7, 11) is 0. The van der Waals surface area contributed by atoms with E-state index in [2.05, 4.69) is 0 Å². The van der Waals surface area contributed by atoms with Crippen molar-refractivity contribution in [2.24, 2.45) is 11.7 Å². The molecule has 0 spiro atoms. The molecule has 0 saturated carbocycles. The number of halogens is 3. The third-order valence-corrected chi connectivity index (χ3v) is 2.78. The van der Waals surface area contributed by atoms with Crippen LogP contribution in [-0.4, -0.2) is 41.9 Å². The number of ether oxygens (including phenoxy) is 1. The Bertz CT molecular complexity index is 312. The van der Waals surface area contributed by atoms with E-state index in [9.17, 15) is 18.0 Å². The molecule has 106 valence electrons. The molecule has 1 saturated heterocycles. The minimum absolute atomic E-state index is 0.00578. The van der Waals surface area contributed by atoms with Crippen LogP contribution in [0.5, 0.6) is 0 Å². The summed E-state index contributed by atoms with van der Waals surface area (Å²) >= 11 is 0. The highest BCUT2D eigenvalue weighted by molar-refractivity contribution is 5.69. The van der Waals surface area contributed by atoms with Crippen LogP contribution < -0.4 is 5.73 Å². The number of amides is 1. The lowest BCUT2D eigenvalue weighted by Crippen LogP contribution is -2.43. The van der Waals surface area contributed by atoms with Crippen LogP contribution in [0.15, 0.2) is 0 Å². The molecule has 18 heavy (non-hydrogen) atoms. The summed E-state index contributed by atoms with van der Waals surface area (Å²) in [6, 6.07) is -0.605. The molecule has 0 aromatic heterocycles. The van der Waals surface area contributed by atoms with Crippen molar-refractivity contribution in [3.63, 3.8) is 0 Å². The molecule has 1 rings (SSSR count). The summed E-state index contributed by atoms with van der Waals surface area (Å²) in [5, 5.41) is 0. The molecular formula is C11H19F3N2O2. The van der Waals surface area contributed by atoms with E-state index in [0.717, 1.165) is 4.90 Å². The summed E-state index contributed by atoms with van der Waals surface area (Å²) < 4.78 is 43.0. The van der Waals surface area contributed by atoms with Crippen molar-refractivity contribution >= 4 is 6.09 Å². The minimum Gasteiger partial charge on any atom is -0.444 e. The van der Waals surface area contributed by atoms with Crippen LogP contribution in [0.4, 0.5) is 18.0 Å². The maximum atomic E-state index is 12.6. The Labute approximate surface area is 104 Å². The lowest BCUT2D eigenvalue weighted by Gasteiger charge is -2.28. The van der Waals surface area contributed by atoms with Gasteiger partial charge in [0.05, 0.1) is 5.92 Å². The zero-order valence-electron chi connectivity index (χ0n) is 10.8. The average molecular weight is 268 g/mol. The highest BCUT2D eigenvalue weighted by Crippen LogP contribution is 2.36. The Morgan fingerprint density at radius 2 is 1.94 bits per heavy atom. The number of carbonyl (C=O) groups excluding carboxylic acids is 1. The Kier molecular flexibility index (Phi) is 4.15. The topological polar surface area (TPSA) is 55.6 Å². The molecule has 2 N–H and O–H groups in total. The van der Waals surface area contributed by atoms with Gasteiger partial charge in [0.2, 0.25) is 0 Å². The number of rotatable bonds is 1. The Hall–Kier alpha value is -0.980. The van der Waals surface area contributed by atoms with E-state index in [-0.39, 0.29) is 19.5 Å². The van der Waals surface area contributed by atoms with E-state index < -0.39 is 29.8 Å². The van der Waals surface area contributed by atoms with Crippen molar-refractivity contribution < 1.29 is 22.7 Å². The lowest BCUT2D eigenvalue weighted by atomic mass is 10.1. The van der Waals surface area contributed by atoms with Gasteiger partial charge in [0.25, 0.3) is 0 Å². The molecule has 2 atom stereocenters. The summed E-state index contributed by atoms with van der Waals surface area (Å²) in [5.41, 5.74) is 4.68. The van der Waals surface area contributed by atoms with Crippen LogP contribution in [0.2, 0.25) is 0 Å². The predicted octanol–water partition coefficient (Wildman–Crippen LogP) is 2.13.